The normalized spacial score (nSPS) is 26.4. The van der Waals surface area contributed by atoms with Crippen molar-refractivity contribution in [1.29, 1.82) is 0 Å². The zero-order valence-corrected chi connectivity index (χ0v) is 13.9. The topological polar surface area (TPSA) is 48.0 Å². The Morgan fingerprint density at radius 2 is 1.82 bits per heavy atom. The lowest BCUT2D eigenvalue weighted by Crippen LogP contribution is -2.35. The highest BCUT2D eigenvalue weighted by Crippen LogP contribution is 2.39. The van der Waals surface area contributed by atoms with E-state index in [1.165, 1.54) is 5.06 Å². The van der Waals surface area contributed by atoms with E-state index >= 15 is 0 Å². The van der Waals surface area contributed by atoms with Crippen LogP contribution in [0, 0.1) is 5.41 Å². The second-order valence-electron chi connectivity index (χ2n) is 6.54. The molecule has 2 atom stereocenters. The van der Waals surface area contributed by atoms with Crippen molar-refractivity contribution >= 4 is 17.5 Å². The monoisotopic (exact) mass is 325 g/mol. The minimum atomic E-state index is -0.496. The van der Waals surface area contributed by atoms with Gasteiger partial charge in [0, 0.05) is 11.1 Å². The Morgan fingerprint density at radius 3 is 2.36 bits per heavy atom. The number of carbonyl (C=O) groups is 1. The molecule has 0 radical (unpaired) electrons. The molecule has 0 aliphatic carbocycles. The number of carbonyl (C=O) groups excluding carboxylic acids is 1. The first-order chi connectivity index (χ1) is 10.3. The maximum absolute atomic E-state index is 12.2. The van der Waals surface area contributed by atoms with Crippen molar-refractivity contribution in [3.05, 3.63) is 22.7 Å². The van der Waals surface area contributed by atoms with Crippen molar-refractivity contribution in [2.45, 2.75) is 46.4 Å². The van der Waals surface area contributed by atoms with Crippen LogP contribution in [0.25, 0.3) is 0 Å². The Kier molecular flexibility index (Phi) is 3.73. The molecule has 2 heterocycles. The molecular formula is C16H20ClNO4. The van der Waals surface area contributed by atoms with E-state index in [-0.39, 0.29) is 18.1 Å². The lowest BCUT2D eigenvalue weighted by atomic mass is 9.95. The molecule has 0 saturated carbocycles. The summed E-state index contributed by atoms with van der Waals surface area (Å²) < 4.78 is 11.6. The van der Waals surface area contributed by atoms with E-state index in [0.29, 0.717) is 29.7 Å². The fourth-order valence-corrected chi connectivity index (χ4v) is 2.66. The molecule has 3 rings (SSSR count). The number of hydrogen-bond donors (Lipinski definition) is 0. The lowest BCUT2D eigenvalue weighted by Gasteiger charge is -2.30. The van der Waals surface area contributed by atoms with Crippen molar-refractivity contribution in [2.75, 3.05) is 6.61 Å². The van der Waals surface area contributed by atoms with Crippen LogP contribution in [0.3, 0.4) is 0 Å². The first-order valence-electron chi connectivity index (χ1n) is 7.38. The maximum Gasteiger partial charge on any atom is 0.254 e. The third-order valence-electron chi connectivity index (χ3n) is 4.10. The Morgan fingerprint density at radius 1 is 1.23 bits per heavy atom. The molecule has 1 aromatic rings. The minimum absolute atomic E-state index is 0.0290. The average Bonchev–Trinajstić information content (AvgIpc) is 2.69. The minimum Gasteiger partial charge on any atom is -0.483 e. The number of halogens is 1. The number of ether oxygens (including phenoxy) is 2. The molecule has 0 spiro atoms. The molecule has 2 aliphatic heterocycles. The van der Waals surface area contributed by atoms with Gasteiger partial charge in [0.05, 0.1) is 18.6 Å². The zero-order valence-electron chi connectivity index (χ0n) is 13.2. The summed E-state index contributed by atoms with van der Waals surface area (Å²) >= 11 is 6.31. The van der Waals surface area contributed by atoms with Crippen LogP contribution >= 0.6 is 11.6 Å². The van der Waals surface area contributed by atoms with E-state index in [0.717, 1.165) is 5.56 Å². The fourth-order valence-electron chi connectivity index (χ4n) is 2.44. The Labute approximate surface area is 135 Å². The number of hydroxylamine groups is 2. The second kappa shape index (κ2) is 5.32. The highest BCUT2D eigenvalue weighted by atomic mass is 35.5. The summed E-state index contributed by atoms with van der Waals surface area (Å²) in [4.78, 5) is 17.7. The van der Waals surface area contributed by atoms with Crippen LogP contribution in [0.1, 0.15) is 33.3 Å². The van der Waals surface area contributed by atoms with Gasteiger partial charge in [-0.25, -0.2) is 5.06 Å². The van der Waals surface area contributed by atoms with Crippen LogP contribution < -0.4 is 9.47 Å². The third-order valence-corrected chi connectivity index (χ3v) is 4.45. The predicted octanol–water partition coefficient (Wildman–Crippen LogP) is 3.19. The van der Waals surface area contributed by atoms with Crippen LogP contribution in [0.4, 0.5) is 0 Å². The SMILES string of the molecule is C[C@H]1Oc2cc(Cl)c(CN3OCC(C)(C)C3=O)cc2O[C@@H]1C. The zero-order chi connectivity index (χ0) is 16.1. The smallest absolute Gasteiger partial charge is 0.254 e. The molecule has 1 saturated heterocycles. The van der Waals surface area contributed by atoms with Gasteiger partial charge in [-0.2, -0.15) is 0 Å². The Hall–Kier alpha value is -1.46. The van der Waals surface area contributed by atoms with E-state index in [1.54, 1.807) is 6.07 Å². The molecule has 0 N–H and O–H groups in total. The van der Waals surface area contributed by atoms with Crippen molar-refractivity contribution < 1.29 is 19.1 Å². The summed E-state index contributed by atoms with van der Waals surface area (Å²) in [7, 11) is 0. The molecule has 120 valence electrons. The number of hydrogen-bond acceptors (Lipinski definition) is 4. The van der Waals surface area contributed by atoms with Crippen molar-refractivity contribution in [1.82, 2.24) is 5.06 Å². The molecule has 1 aromatic carbocycles. The van der Waals surface area contributed by atoms with E-state index < -0.39 is 5.41 Å². The summed E-state index contributed by atoms with van der Waals surface area (Å²) in [5, 5.41) is 1.90. The van der Waals surface area contributed by atoms with E-state index in [9.17, 15) is 4.79 Å². The first-order valence-corrected chi connectivity index (χ1v) is 7.76. The second-order valence-corrected chi connectivity index (χ2v) is 6.94. The molecule has 1 fully saturated rings. The molecule has 1 amide bonds. The van der Waals surface area contributed by atoms with E-state index in [1.807, 2.05) is 33.8 Å². The van der Waals surface area contributed by atoms with Crippen LogP contribution in [0.5, 0.6) is 11.5 Å². The summed E-state index contributed by atoms with van der Waals surface area (Å²) in [5.41, 5.74) is 0.279. The fraction of sp³-hybridized carbons (Fsp3) is 0.562. The number of fused-ring (bicyclic) bond motifs is 1. The van der Waals surface area contributed by atoms with Crippen LogP contribution in [-0.4, -0.2) is 29.8 Å². The van der Waals surface area contributed by atoms with Gasteiger partial charge in [0.15, 0.2) is 11.5 Å². The van der Waals surface area contributed by atoms with Gasteiger partial charge < -0.3 is 9.47 Å². The first kappa shape index (κ1) is 15.4. The van der Waals surface area contributed by atoms with E-state index in [2.05, 4.69) is 0 Å². The van der Waals surface area contributed by atoms with Gasteiger partial charge in [0.25, 0.3) is 5.91 Å². The average molecular weight is 326 g/mol. The molecule has 22 heavy (non-hydrogen) atoms. The van der Waals surface area contributed by atoms with Crippen LogP contribution in [0.15, 0.2) is 12.1 Å². The van der Waals surface area contributed by atoms with Crippen molar-refractivity contribution in [2.24, 2.45) is 5.41 Å². The number of benzene rings is 1. The van der Waals surface area contributed by atoms with Crippen LogP contribution in [0.2, 0.25) is 5.02 Å². The van der Waals surface area contributed by atoms with Crippen molar-refractivity contribution in [3.8, 4) is 11.5 Å². The predicted molar refractivity (Wildman–Crippen MR) is 81.9 cm³/mol. The van der Waals surface area contributed by atoms with Gasteiger partial charge in [-0.15, -0.1) is 0 Å². The molecule has 0 unspecified atom stereocenters. The molecule has 0 bridgehead atoms. The van der Waals surface area contributed by atoms with Gasteiger partial charge in [0.2, 0.25) is 0 Å². The van der Waals surface area contributed by atoms with Gasteiger partial charge in [-0.3, -0.25) is 9.63 Å². The Bertz CT molecular complexity index is 616. The molecule has 2 aliphatic rings. The van der Waals surface area contributed by atoms with Gasteiger partial charge in [-0.05, 0) is 39.3 Å². The van der Waals surface area contributed by atoms with Crippen LogP contribution in [-0.2, 0) is 16.2 Å². The number of rotatable bonds is 2. The standard InChI is InChI=1S/C16H20ClNO4/c1-9-10(2)22-14-6-12(17)11(5-13(14)21-9)7-18-15(19)16(3,4)8-20-18/h5-6,9-10H,7-8H2,1-4H3/t9-,10-/m1/s1. The highest BCUT2D eigenvalue weighted by molar-refractivity contribution is 6.31. The highest BCUT2D eigenvalue weighted by Gasteiger charge is 2.40. The largest absolute Gasteiger partial charge is 0.483 e. The summed E-state index contributed by atoms with van der Waals surface area (Å²) in [6, 6.07) is 3.56. The summed E-state index contributed by atoms with van der Waals surface area (Å²) in [6.07, 6.45) is -0.0659. The van der Waals surface area contributed by atoms with E-state index in [4.69, 9.17) is 25.9 Å². The number of nitrogens with zero attached hydrogens (tertiary/aromatic N) is 1. The molecule has 5 nitrogen and oxygen atoms in total. The molecule has 0 aromatic heterocycles. The van der Waals surface area contributed by atoms with Gasteiger partial charge in [-0.1, -0.05) is 11.6 Å². The quantitative estimate of drug-likeness (QED) is 0.838. The number of amides is 1. The summed E-state index contributed by atoms with van der Waals surface area (Å²) in [6.45, 7) is 8.31. The Balaban J connectivity index is 1.84. The maximum atomic E-state index is 12.2. The summed E-state index contributed by atoms with van der Waals surface area (Å²) in [5.74, 6) is 1.24. The van der Waals surface area contributed by atoms with Crippen molar-refractivity contribution in [3.63, 3.8) is 0 Å². The third kappa shape index (κ3) is 2.63. The van der Waals surface area contributed by atoms with Gasteiger partial charge >= 0.3 is 0 Å². The lowest BCUT2D eigenvalue weighted by molar-refractivity contribution is -0.165. The molecule has 6 heteroatoms. The molecular weight excluding hydrogens is 306 g/mol. The van der Waals surface area contributed by atoms with Gasteiger partial charge in [0.1, 0.15) is 12.2 Å².